The molecule has 1 saturated heterocycles. The van der Waals surface area contributed by atoms with Crippen molar-refractivity contribution in [1.29, 1.82) is 0 Å². The minimum absolute atomic E-state index is 0.142. The van der Waals surface area contributed by atoms with Gasteiger partial charge in [-0.1, -0.05) is 0 Å². The van der Waals surface area contributed by atoms with E-state index in [1.807, 2.05) is 10.9 Å². The lowest BCUT2D eigenvalue weighted by Crippen LogP contribution is -2.25. The maximum Gasteiger partial charge on any atom is 0.0537 e. The molecule has 1 aromatic rings. The van der Waals surface area contributed by atoms with Crippen LogP contribution in [0.3, 0.4) is 0 Å². The molecule has 84 valence electrons. The highest BCUT2D eigenvalue weighted by Crippen LogP contribution is 2.33. The van der Waals surface area contributed by atoms with Gasteiger partial charge in [-0.25, -0.2) is 0 Å². The monoisotopic (exact) mass is 228 g/mol. The molecule has 15 heavy (non-hydrogen) atoms. The molecular formula is C11H17ClN2O. The van der Waals surface area contributed by atoms with Crippen LogP contribution in [0.25, 0.3) is 0 Å². The smallest absolute Gasteiger partial charge is 0.0537 e. The minimum Gasteiger partial charge on any atom is -0.381 e. The lowest BCUT2D eigenvalue weighted by Gasteiger charge is -2.23. The molecule has 1 aliphatic heterocycles. The zero-order chi connectivity index (χ0) is 10.7. The minimum atomic E-state index is 0.142. The van der Waals surface area contributed by atoms with E-state index in [0.29, 0.717) is 5.88 Å². The van der Waals surface area contributed by atoms with Gasteiger partial charge in [-0.15, -0.1) is 11.6 Å². The van der Waals surface area contributed by atoms with Crippen molar-refractivity contribution in [3.63, 3.8) is 0 Å². The third-order valence-corrected chi connectivity index (χ3v) is 3.63. The third-order valence-electron chi connectivity index (χ3n) is 3.06. The van der Waals surface area contributed by atoms with Gasteiger partial charge in [0.1, 0.15) is 0 Å². The van der Waals surface area contributed by atoms with Crippen LogP contribution in [0.2, 0.25) is 0 Å². The van der Waals surface area contributed by atoms with E-state index >= 15 is 0 Å². The van der Waals surface area contributed by atoms with Crippen molar-refractivity contribution >= 4 is 11.6 Å². The molecule has 1 atom stereocenters. The number of ether oxygens (including phenoxy) is 1. The number of halogens is 1. The molecule has 0 aromatic carbocycles. The second kappa shape index (κ2) is 4.54. The average molecular weight is 229 g/mol. The van der Waals surface area contributed by atoms with Gasteiger partial charge in [-0.05, 0) is 25.3 Å². The predicted octanol–water partition coefficient (Wildman–Crippen LogP) is 2.09. The highest BCUT2D eigenvalue weighted by Gasteiger charge is 2.34. The number of rotatable bonds is 4. The van der Waals surface area contributed by atoms with Crippen LogP contribution in [0.4, 0.5) is 0 Å². The average Bonchev–Trinajstić information content (AvgIpc) is 2.88. The van der Waals surface area contributed by atoms with Crippen molar-refractivity contribution in [2.24, 2.45) is 5.41 Å². The second-order valence-electron chi connectivity index (χ2n) is 4.32. The van der Waals surface area contributed by atoms with Crippen LogP contribution in [0, 0.1) is 5.41 Å². The van der Waals surface area contributed by atoms with Gasteiger partial charge in [-0.3, -0.25) is 4.68 Å². The molecule has 4 heteroatoms. The van der Waals surface area contributed by atoms with Crippen LogP contribution in [-0.4, -0.2) is 28.9 Å². The van der Waals surface area contributed by atoms with Crippen LogP contribution in [0.15, 0.2) is 12.4 Å². The van der Waals surface area contributed by atoms with Crippen LogP contribution in [0.5, 0.6) is 0 Å². The predicted molar refractivity (Wildman–Crippen MR) is 60.2 cm³/mol. The summed E-state index contributed by atoms with van der Waals surface area (Å²) in [5, 5.41) is 4.27. The van der Waals surface area contributed by atoms with E-state index in [1.165, 1.54) is 5.56 Å². The normalized spacial score (nSPS) is 26.0. The fraction of sp³-hybridized carbons (Fsp3) is 0.727. The van der Waals surface area contributed by atoms with Gasteiger partial charge in [0.05, 0.1) is 12.8 Å². The summed E-state index contributed by atoms with van der Waals surface area (Å²) in [5.74, 6) is 0.671. The van der Waals surface area contributed by atoms with E-state index in [9.17, 15) is 0 Å². The Morgan fingerprint density at radius 3 is 3.07 bits per heavy atom. The number of nitrogens with zero attached hydrogens (tertiary/aromatic N) is 2. The van der Waals surface area contributed by atoms with Crippen LogP contribution in [0.1, 0.15) is 18.9 Å². The van der Waals surface area contributed by atoms with Gasteiger partial charge in [-0.2, -0.15) is 5.10 Å². The molecule has 0 saturated carbocycles. The van der Waals surface area contributed by atoms with Gasteiger partial charge in [0, 0.05) is 30.6 Å². The molecule has 0 spiro atoms. The molecule has 1 fully saturated rings. The molecule has 0 radical (unpaired) electrons. The third kappa shape index (κ3) is 2.34. The standard InChI is InChI=1S/C11H17ClN2O/c1-2-14-7-10(6-13-14)5-11(8-12)3-4-15-9-11/h6-7H,2-5,8-9H2,1H3. The Kier molecular flexibility index (Phi) is 3.32. The van der Waals surface area contributed by atoms with Crippen LogP contribution in [-0.2, 0) is 17.7 Å². The molecule has 0 bridgehead atoms. The van der Waals surface area contributed by atoms with E-state index < -0.39 is 0 Å². The second-order valence-corrected chi connectivity index (χ2v) is 4.58. The summed E-state index contributed by atoms with van der Waals surface area (Å²) in [6.45, 7) is 4.64. The largest absolute Gasteiger partial charge is 0.381 e. The lowest BCUT2D eigenvalue weighted by molar-refractivity contribution is 0.161. The van der Waals surface area contributed by atoms with E-state index in [4.69, 9.17) is 16.3 Å². The van der Waals surface area contributed by atoms with Gasteiger partial charge >= 0.3 is 0 Å². The van der Waals surface area contributed by atoms with E-state index in [0.717, 1.165) is 32.6 Å². The van der Waals surface area contributed by atoms with Crippen LogP contribution < -0.4 is 0 Å². The Hall–Kier alpha value is -0.540. The molecule has 0 N–H and O–H groups in total. The number of hydrogen-bond acceptors (Lipinski definition) is 2. The Bertz CT molecular complexity index is 318. The zero-order valence-electron chi connectivity index (χ0n) is 9.08. The summed E-state index contributed by atoms with van der Waals surface area (Å²) in [6, 6.07) is 0. The van der Waals surface area contributed by atoms with E-state index in [2.05, 4.69) is 18.2 Å². The zero-order valence-corrected chi connectivity index (χ0v) is 9.83. The molecule has 0 aliphatic carbocycles. The summed E-state index contributed by atoms with van der Waals surface area (Å²) in [5.41, 5.74) is 1.41. The Morgan fingerprint density at radius 2 is 2.53 bits per heavy atom. The first-order valence-electron chi connectivity index (χ1n) is 5.43. The Morgan fingerprint density at radius 1 is 1.67 bits per heavy atom. The fourth-order valence-electron chi connectivity index (χ4n) is 2.05. The first-order valence-corrected chi connectivity index (χ1v) is 5.96. The van der Waals surface area contributed by atoms with Crippen molar-refractivity contribution in [3.8, 4) is 0 Å². The van der Waals surface area contributed by atoms with Crippen molar-refractivity contribution in [1.82, 2.24) is 9.78 Å². The Balaban J connectivity index is 2.05. The molecule has 1 unspecified atom stereocenters. The SMILES string of the molecule is CCn1cc(CC2(CCl)CCOC2)cn1. The van der Waals surface area contributed by atoms with Crippen molar-refractivity contribution in [3.05, 3.63) is 18.0 Å². The molecule has 1 aromatic heterocycles. The maximum absolute atomic E-state index is 6.05. The van der Waals surface area contributed by atoms with Gasteiger partial charge < -0.3 is 4.74 Å². The summed E-state index contributed by atoms with van der Waals surface area (Å²) < 4.78 is 7.40. The molecular weight excluding hydrogens is 212 g/mol. The lowest BCUT2D eigenvalue weighted by atomic mass is 9.84. The van der Waals surface area contributed by atoms with Crippen molar-refractivity contribution < 1.29 is 4.74 Å². The molecule has 2 heterocycles. The summed E-state index contributed by atoms with van der Waals surface area (Å²) in [7, 11) is 0. The summed E-state index contributed by atoms with van der Waals surface area (Å²) in [4.78, 5) is 0. The van der Waals surface area contributed by atoms with E-state index in [-0.39, 0.29) is 5.41 Å². The van der Waals surface area contributed by atoms with Crippen molar-refractivity contribution in [2.45, 2.75) is 26.3 Å². The summed E-state index contributed by atoms with van der Waals surface area (Å²) in [6.07, 6.45) is 6.09. The van der Waals surface area contributed by atoms with Gasteiger partial charge in [0.2, 0.25) is 0 Å². The van der Waals surface area contributed by atoms with Gasteiger partial charge in [0.25, 0.3) is 0 Å². The topological polar surface area (TPSA) is 27.1 Å². The Labute approximate surface area is 95.4 Å². The molecule has 1 aliphatic rings. The highest BCUT2D eigenvalue weighted by atomic mass is 35.5. The maximum atomic E-state index is 6.05. The fourth-order valence-corrected chi connectivity index (χ4v) is 2.35. The molecule has 0 amide bonds. The number of aryl methyl sites for hydroxylation is 1. The highest BCUT2D eigenvalue weighted by molar-refractivity contribution is 6.18. The first kappa shape index (κ1) is 11.0. The number of alkyl halides is 1. The van der Waals surface area contributed by atoms with Crippen molar-refractivity contribution in [2.75, 3.05) is 19.1 Å². The quantitative estimate of drug-likeness (QED) is 0.738. The number of aromatic nitrogens is 2. The summed E-state index contributed by atoms with van der Waals surface area (Å²) >= 11 is 6.05. The van der Waals surface area contributed by atoms with E-state index in [1.54, 1.807) is 0 Å². The molecule has 2 rings (SSSR count). The number of hydrogen-bond donors (Lipinski definition) is 0. The van der Waals surface area contributed by atoms with Gasteiger partial charge in [0.15, 0.2) is 0 Å². The first-order chi connectivity index (χ1) is 7.28. The molecule has 3 nitrogen and oxygen atoms in total. The van der Waals surface area contributed by atoms with Crippen LogP contribution >= 0.6 is 11.6 Å².